The van der Waals surface area contributed by atoms with Crippen LogP contribution in [0.5, 0.6) is 0 Å². The number of rotatable bonds is 5. The van der Waals surface area contributed by atoms with Crippen LogP contribution >= 0.6 is 0 Å². The van der Waals surface area contributed by atoms with Crippen LogP contribution in [0.4, 0.5) is 0 Å². The molecule has 184 valence electrons. The van der Waals surface area contributed by atoms with Gasteiger partial charge in [-0.1, -0.05) is 34.1 Å². The van der Waals surface area contributed by atoms with Crippen molar-refractivity contribution in [2.45, 2.75) is 92.1 Å². The fourth-order valence-electron chi connectivity index (χ4n) is 9.07. The molecule has 0 N–H and O–H groups in total. The molecule has 4 saturated carbocycles. The molecule has 0 amide bonds. The summed E-state index contributed by atoms with van der Waals surface area (Å²) < 4.78 is 34.4. The fraction of sp³-hybridized carbons (Fsp3) is 0.962. The zero-order valence-electron chi connectivity index (χ0n) is 20.9. The van der Waals surface area contributed by atoms with E-state index in [0.29, 0.717) is 35.0 Å². The van der Waals surface area contributed by atoms with E-state index < -0.39 is 10.1 Å². The van der Waals surface area contributed by atoms with Crippen LogP contribution in [0.15, 0.2) is 0 Å². The number of carbonyl (C=O) groups is 1. The van der Waals surface area contributed by atoms with Gasteiger partial charge in [-0.2, -0.15) is 8.42 Å². The molecule has 0 heterocycles. The molecule has 0 aromatic rings. The average molecular weight is 469 g/mol. The lowest BCUT2D eigenvalue weighted by molar-refractivity contribution is -0.191. The number of fused-ring (bicyclic) bond motifs is 5. The smallest absolute Gasteiger partial charge is 0.302 e. The van der Waals surface area contributed by atoms with Crippen molar-refractivity contribution in [1.82, 2.24) is 0 Å². The Morgan fingerprint density at radius 2 is 1.69 bits per heavy atom. The van der Waals surface area contributed by atoms with Gasteiger partial charge in [-0.05, 0) is 91.3 Å². The molecule has 4 aliphatic rings. The van der Waals surface area contributed by atoms with E-state index in [1.54, 1.807) is 6.92 Å². The molecule has 4 fully saturated rings. The van der Waals surface area contributed by atoms with E-state index in [4.69, 9.17) is 8.92 Å². The molecular formula is C26H44O5S. The van der Waals surface area contributed by atoms with E-state index in [1.165, 1.54) is 32.1 Å². The predicted octanol–water partition coefficient (Wildman–Crippen LogP) is 5.44. The maximum absolute atomic E-state index is 12.1. The van der Waals surface area contributed by atoms with Gasteiger partial charge in [0.2, 0.25) is 0 Å². The van der Waals surface area contributed by atoms with Crippen LogP contribution < -0.4 is 0 Å². The van der Waals surface area contributed by atoms with E-state index >= 15 is 0 Å². The second-order valence-electron chi connectivity index (χ2n) is 12.5. The summed E-state index contributed by atoms with van der Waals surface area (Å²) in [6.07, 6.45) is 10.7. The van der Waals surface area contributed by atoms with Crippen LogP contribution in [0, 0.1) is 52.3 Å². The van der Waals surface area contributed by atoms with Crippen molar-refractivity contribution >= 4 is 16.1 Å². The molecule has 4 aliphatic carbocycles. The Kier molecular flexibility index (Phi) is 6.55. The first-order valence-electron chi connectivity index (χ1n) is 12.9. The number of esters is 1. The van der Waals surface area contributed by atoms with E-state index in [9.17, 15) is 13.2 Å². The van der Waals surface area contributed by atoms with Crippen molar-refractivity contribution in [1.29, 1.82) is 0 Å². The van der Waals surface area contributed by atoms with Crippen LogP contribution in [0.25, 0.3) is 0 Å². The normalized spacial score (nSPS) is 47.1. The Hall–Kier alpha value is -0.620. The molecular weight excluding hydrogens is 424 g/mol. The van der Waals surface area contributed by atoms with Crippen molar-refractivity contribution < 1.29 is 22.1 Å². The van der Waals surface area contributed by atoms with Crippen molar-refractivity contribution in [2.24, 2.45) is 52.3 Å². The number of hydrogen-bond acceptors (Lipinski definition) is 5. The van der Waals surface area contributed by atoms with Crippen molar-refractivity contribution in [2.75, 3.05) is 12.9 Å². The maximum atomic E-state index is 12.1. The highest BCUT2D eigenvalue weighted by Crippen LogP contribution is 2.68. The lowest BCUT2D eigenvalue weighted by atomic mass is 9.43. The third-order valence-corrected chi connectivity index (χ3v) is 11.1. The first-order chi connectivity index (χ1) is 14.8. The minimum atomic E-state index is -3.42. The predicted molar refractivity (Wildman–Crippen MR) is 125 cm³/mol. The Morgan fingerprint density at radius 3 is 2.34 bits per heavy atom. The molecule has 6 heteroatoms. The highest BCUT2D eigenvalue weighted by Gasteiger charge is 2.63. The third kappa shape index (κ3) is 4.28. The van der Waals surface area contributed by atoms with Gasteiger partial charge in [0.1, 0.15) is 6.10 Å². The first-order valence-corrected chi connectivity index (χ1v) is 14.7. The highest BCUT2D eigenvalue weighted by molar-refractivity contribution is 7.85. The SMILES string of the molecule is CC(=O)OC1C[C@@H]2C[C@@H](C)CC[C@]2(C)C2CC[C@@]3(C)C(CC[C@@H]3[C@H](C)COS(C)(=O)=O)[C@H]12. The Bertz CT molecular complexity index is 824. The van der Waals surface area contributed by atoms with Gasteiger partial charge in [-0.15, -0.1) is 0 Å². The summed E-state index contributed by atoms with van der Waals surface area (Å²) in [6, 6.07) is 0. The summed E-state index contributed by atoms with van der Waals surface area (Å²) in [5, 5.41) is 0. The number of hydrogen-bond donors (Lipinski definition) is 0. The molecule has 10 atom stereocenters. The lowest BCUT2D eigenvalue weighted by Gasteiger charge is -2.63. The van der Waals surface area contributed by atoms with Crippen LogP contribution in [0.3, 0.4) is 0 Å². The summed E-state index contributed by atoms with van der Waals surface area (Å²) in [6.45, 7) is 11.3. The van der Waals surface area contributed by atoms with E-state index in [-0.39, 0.29) is 30.0 Å². The Balaban J connectivity index is 1.61. The van der Waals surface area contributed by atoms with Crippen molar-refractivity contribution in [3.8, 4) is 0 Å². The molecule has 0 aromatic carbocycles. The summed E-state index contributed by atoms with van der Waals surface area (Å²) in [5.74, 6) is 3.52. The molecule has 3 unspecified atom stereocenters. The molecule has 0 aliphatic heterocycles. The van der Waals surface area contributed by atoms with Crippen molar-refractivity contribution in [3.63, 3.8) is 0 Å². The summed E-state index contributed by atoms with van der Waals surface area (Å²) in [5.41, 5.74) is 0.517. The lowest BCUT2D eigenvalue weighted by Crippen LogP contribution is -2.59. The summed E-state index contributed by atoms with van der Waals surface area (Å²) >= 11 is 0. The molecule has 4 rings (SSSR count). The topological polar surface area (TPSA) is 69.7 Å². The third-order valence-electron chi connectivity index (χ3n) is 10.5. The quantitative estimate of drug-likeness (QED) is 0.397. The molecule has 32 heavy (non-hydrogen) atoms. The van der Waals surface area contributed by atoms with Gasteiger partial charge in [-0.3, -0.25) is 8.98 Å². The van der Waals surface area contributed by atoms with Gasteiger partial charge in [0, 0.05) is 12.8 Å². The molecule has 0 spiro atoms. The van der Waals surface area contributed by atoms with E-state index in [2.05, 4.69) is 27.7 Å². The Labute approximate surface area is 195 Å². The number of ether oxygens (including phenoxy) is 1. The average Bonchev–Trinajstić information content (AvgIpc) is 3.03. The Morgan fingerprint density at radius 1 is 1.03 bits per heavy atom. The zero-order valence-corrected chi connectivity index (χ0v) is 21.7. The minimum Gasteiger partial charge on any atom is -0.462 e. The first kappa shape index (κ1) is 24.5. The van der Waals surface area contributed by atoms with Crippen molar-refractivity contribution in [3.05, 3.63) is 0 Å². The second-order valence-corrected chi connectivity index (χ2v) is 14.1. The van der Waals surface area contributed by atoms with Gasteiger partial charge in [0.05, 0.1) is 12.9 Å². The monoisotopic (exact) mass is 468 g/mol. The molecule has 0 aromatic heterocycles. The van der Waals surface area contributed by atoms with E-state index in [1.807, 2.05) is 0 Å². The highest BCUT2D eigenvalue weighted by atomic mass is 32.2. The van der Waals surface area contributed by atoms with E-state index in [0.717, 1.165) is 31.4 Å². The van der Waals surface area contributed by atoms with Crippen LogP contribution in [0.1, 0.15) is 86.0 Å². The zero-order chi connectivity index (χ0) is 23.5. The minimum absolute atomic E-state index is 0.0341. The fourth-order valence-corrected chi connectivity index (χ4v) is 9.53. The van der Waals surface area contributed by atoms with Crippen LogP contribution in [0.2, 0.25) is 0 Å². The molecule has 0 saturated heterocycles. The standard InChI is InChI=1S/C26H44O5S/c1-16-9-11-25(4)19(13-16)14-23(31-18(3)27)24-21-8-7-20(17(2)15-30-32(6,28)29)26(21,5)12-10-22(24)25/h16-17,19-24H,7-15H2,1-6H3/t16-,17+,19-,20+,21?,22?,23?,24-,25-,26+/m0/s1. The molecule has 0 bridgehead atoms. The van der Waals surface area contributed by atoms with Gasteiger partial charge in [-0.25, -0.2) is 0 Å². The van der Waals surface area contributed by atoms with Gasteiger partial charge >= 0.3 is 5.97 Å². The van der Waals surface area contributed by atoms with Crippen LogP contribution in [-0.4, -0.2) is 33.4 Å². The van der Waals surface area contributed by atoms with Crippen LogP contribution in [-0.2, 0) is 23.8 Å². The summed E-state index contributed by atoms with van der Waals surface area (Å²) in [7, 11) is -3.42. The van der Waals surface area contributed by atoms with Gasteiger partial charge in [0.15, 0.2) is 0 Å². The largest absolute Gasteiger partial charge is 0.462 e. The maximum Gasteiger partial charge on any atom is 0.302 e. The number of carbonyl (C=O) groups excluding carboxylic acids is 1. The van der Waals surface area contributed by atoms with Gasteiger partial charge < -0.3 is 4.74 Å². The molecule has 5 nitrogen and oxygen atoms in total. The molecule has 0 radical (unpaired) electrons. The summed E-state index contributed by atoms with van der Waals surface area (Å²) in [4.78, 5) is 12.1. The van der Waals surface area contributed by atoms with Gasteiger partial charge in [0.25, 0.3) is 10.1 Å². The second kappa shape index (κ2) is 8.55.